The van der Waals surface area contributed by atoms with Gasteiger partial charge in [0.2, 0.25) is 5.56 Å². The molecule has 5 heteroatoms. The fraction of sp³-hybridized carbons (Fsp3) is 0.143. The molecule has 0 aliphatic heterocycles. The Morgan fingerprint density at radius 2 is 2.00 bits per heavy atom. The number of amides is 1. The van der Waals surface area contributed by atoms with Gasteiger partial charge in [0.15, 0.2) is 0 Å². The quantitative estimate of drug-likeness (QED) is 0.801. The molecule has 5 nitrogen and oxygen atoms in total. The van der Waals surface area contributed by atoms with Gasteiger partial charge in [-0.2, -0.15) is 0 Å². The summed E-state index contributed by atoms with van der Waals surface area (Å²) in [5.74, 6) is -0.292. The average Bonchev–Trinajstić information content (AvgIpc) is 2.37. The van der Waals surface area contributed by atoms with E-state index in [2.05, 4.69) is 5.32 Å². The van der Waals surface area contributed by atoms with E-state index in [1.165, 1.54) is 10.6 Å². The van der Waals surface area contributed by atoms with Crippen LogP contribution in [0.25, 0.3) is 0 Å². The topological polar surface area (TPSA) is 77.1 Å². The zero-order chi connectivity index (χ0) is 14.0. The molecule has 0 aliphatic carbocycles. The average molecular weight is 257 g/mol. The molecule has 0 atom stereocenters. The van der Waals surface area contributed by atoms with Crippen LogP contribution < -0.4 is 16.6 Å². The highest BCUT2D eigenvalue weighted by Crippen LogP contribution is 2.17. The number of nitrogen functional groups attached to an aromatic ring is 1. The summed E-state index contributed by atoms with van der Waals surface area (Å²) in [4.78, 5) is 23.4. The molecule has 0 spiro atoms. The van der Waals surface area contributed by atoms with Gasteiger partial charge < -0.3 is 15.6 Å². The van der Waals surface area contributed by atoms with Gasteiger partial charge in [-0.05, 0) is 24.6 Å². The normalized spacial score (nSPS) is 10.2. The van der Waals surface area contributed by atoms with Crippen molar-refractivity contribution in [2.75, 3.05) is 11.1 Å². The van der Waals surface area contributed by atoms with Gasteiger partial charge in [0, 0.05) is 25.0 Å². The Labute approximate surface area is 110 Å². The number of nitrogens with zero attached hydrogens (tertiary/aromatic N) is 1. The SMILES string of the molecule is Cc1cccc(C(=O)Nc2ccc(=O)n(C)c2)c1N. The fourth-order valence-corrected chi connectivity index (χ4v) is 1.74. The minimum Gasteiger partial charge on any atom is -0.398 e. The van der Waals surface area contributed by atoms with Crippen LogP contribution in [-0.2, 0) is 7.05 Å². The van der Waals surface area contributed by atoms with E-state index in [9.17, 15) is 9.59 Å². The first-order chi connectivity index (χ1) is 8.99. The summed E-state index contributed by atoms with van der Waals surface area (Å²) in [7, 11) is 1.62. The van der Waals surface area contributed by atoms with E-state index >= 15 is 0 Å². The van der Waals surface area contributed by atoms with Gasteiger partial charge >= 0.3 is 0 Å². The third kappa shape index (κ3) is 2.65. The van der Waals surface area contributed by atoms with Gasteiger partial charge in [0.1, 0.15) is 0 Å². The number of hydrogen-bond donors (Lipinski definition) is 2. The summed E-state index contributed by atoms with van der Waals surface area (Å²) in [6.07, 6.45) is 1.56. The lowest BCUT2D eigenvalue weighted by atomic mass is 10.1. The number of pyridine rings is 1. The molecule has 1 aromatic heterocycles. The smallest absolute Gasteiger partial charge is 0.257 e. The molecule has 98 valence electrons. The van der Waals surface area contributed by atoms with Crippen LogP contribution in [-0.4, -0.2) is 10.5 Å². The summed E-state index contributed by atoms with van der Waals surface area (Å²) >= 11 is 0. The van der Waals surface area contributed by atoms with E-state index in [-0.39, 0.29) is 11.5 Å². The van der Waals surface area contributed by atoms with E-state index in [1.54, 1.807) is 31.4 Å². The molecule has 3 N–H and O–H groups in total. The molecular formula is C14H15N3O2. The first kappa shape index (κ1) is 12.9. The standard InChI is InChI=1S/C14H15N3O2/c1-9-4-3-5-11(13(9)15)14(19)16-10-6-7-12(18)17(2)8-10/h3-8H,15H2,1-2H3,(H,16,19). The van der Waals surface area contributed by atoms with Crippen LogP contribution in [0.4, 0.5) is 11.4 Å². The van der Waals surface area contributed by atoms with Crippen molar-refractivity contribution in [3.05, 3.63) is 58.0 Å². The Hall–Kier alpha value is -2.56. The lowest BCUT2D eigenvalue weighted by Gasteiger charge is -2.09. The van der Waals surface area contributed by atoms with Crippen LogP contribution in [0, 0.1) is 6.92 Å². The molecule has 0 saturated heterocycles. The number of aryl methyl sites for hydroxylation is 2. The van der Waals surface area contributed by atoms with Crippen molar-refractivity contribution >= 4 is 17.3 Å². The Balaban J connectivity index is 2.28. The first-order valence-electron chi connectivity index (χ1n) is 5.82. The second-order valence-corrected chi connectivity index (χ2v) is 4.36. The van der Waals surface area contributed by atoms with Crippen LogP contribution in [0.3, 0.4) is 0 Å². The maximum absolute atomic E-state index is 12.1. The molecule has 0 radical (unpaired) electrons. The van der Waals surface area contributed by atoms with Crippen molar-refractivity contribution in [1.82, 2.24) is 4.57 Å². The molecule has 1 heterocycles. The lowest BCUT2D eigenvalue weighted by molar-refractivity contribution is 0.102. The van der Waals surface area contributed by atoms with Crippen LogP contribution in [0.2, 0.25) is 0 Å². The second kappa shape index (κ2) is 4.97. The number of benzene rings is 1. The predicted octanol–water partition coefficient (Wildman–Crippen LogP) is 1.53. The summed E-state index contributed by atoms with van der Waals surface area (Å²) < 4.78 is 1.40. The maximum Gasteiger partial charge on any atom is 0.257 e. The lowest BCUT2D eigenvalue weighted by Crippen LogP contribution is -2.18. The molecule has 0 saturated carbocycles. The minimum atomic E-state index is -0.292. The monoisotopic (exact) mass is 257 g/mol. The van der Waals surface area contributed by atoms with E-state index in [4.69, 9.17) is 5.73 Å². The van der Waals surface area contributed by atoms with Crippen molar-refractivity contribution in [1.29, 1.82) is 0 Å². The van der Waals surface area contributed by atoms with Gasteiger partial charge in [-0.3, -0.25) is 9.59 Å². The highest BCUT2D eigenvalue weighted by molar-refractivity contribution is 6.08. The Bertz CT molecular complexity index is 689. The van der Waals surface area contributed by atoms with Crippen molar-refractivity contribution in [2.24, 2.45) is 7.05 Å². The van der Waals surface area contributed by atoms with Crippen molar-refractivity contribution < 1.29 is 4.79 Å². The third-order valence-corrected chi connectivity index (χ3v) is 2.91. The van der Waals surface area contributed by atoms with E-state index in [0.29, 0.717) is 16.9 Å². The molecule has 1 aromatic carbocycles. The molecule has 1 amide bonds. The number of nitrogens with two attached hydrogens (primary N) is 1. The number of carbonyl (C=O) groups is 1. The molecule has 2 aromatic rings. The van der Waals surface area contributed by atoms with E-state index in [0.717, 1.165) is 5.56 Å². The Morgan fingerprint density at radius 1 is 1.26 bits per heavy atom. The molecular weight excluding hydrogens is 242 g/mol. The molecule has 0 aliphatic rings. The van der Waals surface area contributed by atoms with Gasteiger partial charge in [0.25, 0.3) is 5.91 Å². The highest BCUT2D eigenvalue weighted by atomic mass is 16.1. The third-order valence-electron chi connectivity index (χ3n) is 2.91. The number of hydrogen-bond acceptors (Lipinski definition) is 3. The van der Waals surface area contributed by atoms with Gasteiger partial charge in [-0.15, -0.1) is 0 Å². The number of rotatable bonds is 2. The zero-order valence-electron chi connectivity index (χ0n) is 10.8. The van der Waals surface area contributed by atoms with Gasteiger partial charge in [0.05, 0.1) is 11.3 Å². The number of anilines is 2. The summed E-state index contributed by atoms with van der Waals surface area (Å²) in [6, 6.07) is 8.25. The van der Waals surface area contributed by atoms with Crippen molar-refractivity contribution in [3.8, 4) is 0 Å². The van der Waals surface area contributed by atoms with Crippen LogP contribution in [0.15, 0.2) is 41.3 Å². The fourth-order valence-electron chi connectivity index (χ4n) is 1.74. The van der Waals surface area contributed by atoms with E-state index < -0.39 is 0 Å². The molecule has 0 unspecified atom stereocenters. The molecule has 2 rings (SSSR count). The molecule has 19 heavy (non-hydrogen) atoms. The van der Waals surface area contributed by atoms with Crippen LogP contribution in [0.5, 0.6) is 0 Å². The summed E-state index contributed by atoms with van der Waals surface area (Å²) in [6.45, 7) is 1.85. The number of carbonyl (C=O) groups excluding carboxylic acids is 1. The maximum atomic E-state index is 12.1. The number of nitrogens with one attached hydrogen (secondary N) is 1. The minimum absolute atomic E-state index is 0.131. The molecule has 0 fully saturated rings. The largest absolute Gasteiger partial charge is 0.398 e. The summed E-state index contributed by atoms with van der Waals surface area (Å²) in [5, 5.41) is 2.72. The Morgan fingerprint density at radius 3 is 2.68 bits per heavy atom. The summed E-state index contributed by atoms with van der Waals surface area (Å²) in [5.41, 5.74) is 8.04. The van der Waals surface area contributed by atoms with Crippen molar-refractivity contribution in [2.45, 2.75) is 6.92 Å². The van der Waals surface area contributed by atoms with Gasteiger partial charge in [-0.25, -0.2) is 0 Å². The highest BCUT2D eigenvalue weighted by Gasteiger charge is 2.11. The zero-order valence-corrected chi connectivity index (χ0v) is 10.8. The number of aromatic nitrogens is 1. The van der Waals surface area contributed by atoms with Gasteiger partial charge in [-0.1, -0.05) is 12.1 Å². The molecule has 0 bridgehead atoms. The van der Waals surface area contributed by atoms with E-state index in [1.807, 2.05) is 13.0 Å². The predicted molar refractivity (Wildman–Crippen MR) is 75.2 cm³/mol. The number of para-hydroxylation sites is 1. The Kier molecular flexibility index (Phi) is 3.37. The first-order valence-corrected chi connectivity index (χ1v) is 5.82. The second-order valence-electron chi connectivity index (χ2n) is 4.36. The van der Waals surface area contributed by atoms with Crippen LogP contribution in [0.1, 0.15) is 15.9 Å². The van der Waals surface area contributed by atoms with Crippen LogP contribution >= 0.6 is 0 Å². The van der Waals surface area contributed by atoms with Crippen molar-refractivity contribution in [3.63, 3.8) is 0 Å².